The van der Waals surface area contributed by atoms with Gasteiger partial charge in [-0.15, -0.1) is 0 Å². The Balaban J connectivity index is 2.96. The summed E-state index contributed by atoms with van der Waals surface area (Å²) < 4.78 is 0. The SMILES string of the molecule is CONCc1ccc(Cl)cc1[N+](=O)[O-]. The Bertz CT molecular complexity index is 343. The molecule has 0 aliphatic rings. The Labute approximate surface area is 85.7 Å². The summed E-state index contributed by atoms with van der Waals surface area (Å²) >= 11 is 5.64. The zero-order chi connectivity index (χ0) is 10.6. The van der Waals surface area contributed by atoms with Crippen molar-refractivity contribution >= 4 is 17.3 Å². The number of benzene rings is 1. The predicted molar refractivity (Wildman–Crippen MR) is 52.0 cm³/mol. The van der Waals surface area contributed by atoms with Crippen LogP contribution in [-0.4, -0.2) is 12.0 Å². The van der Waals surface area contributed by atoms with Gasteiger partial charge in [-0.2, -0.15) is 5.48 Å². The molecule has 0 unspecified atom stereocenters. The fourth-order valence-electron chi connectivity index (χ4n) is 1.01. The lowest BCUT2D eigenvalue weighted by molar-refractivity contribution is -0.385. The van der Waals surface area contributed by atoms with Crippen LogP contribution >= 0.6 is 11.6 Å². The van der Waals surface area contributed by atoms with Crippen molar-refractivity contribution in [1.82, 2.24) is 5.48 Å². The van der Waals surface area contributed by atoms with Crippen LogP contribution in [0.4, 0.5) is 5.69 Å². The molecule has 0 heterocycles. The van der Waals surface area contributed by atoms with E-state index in [4.69, 9.17) is 11.6 Å². The van der Waals surface area contributed by atoms with Gasteiger partial charge in [0.15, 0.2) is 0 Å². The van der Waals surface area contributed by atoms with Gasteiger partial charge in [-0.1, -0.05) is 11.6 Å². The van der Waals surface area contributed by atoms with Crippen LogP contribution in [0.2, 0.25) is 5.02 Å². The first kappa shape index (κ1) is 10.9. The summed E-state index contributed by atoms with van der Waals surface area (Å²) in [6, 6.07) is 4.50. The largest absolute Gasteiger partial charge is 0.305 e. The molecule has 0 fully saturated rings. The third-order valence-electron chi connectivity index (χ3n) is 1.65. The topological polar surface area (TPSA) is 64.4 Å². The van der Waals surface area contributed by atoms with Crippen molar-refractivity contribution in [2.24, 2.45) is 0 Å². The zero-order valence-electron chi connectivity index (χ0n) is 7.49. The number of nitrogens with one attached hydrogen (secondary N) is 1. The highest BCUT2D eigenvalue weighted by molar-refractivity contribution is 6.30. The molecule has 0 aliphatic carbocycles. The first-order chi connectivity index (χ1) is 6.65. The van der Waals surface area contributed by atoms with Crippen molar-refractivity contribution in [2.75, 3.05) is 7.11 Å². The number of nitro benzene ring substituents is 1. The van der Waals surface area contributed by atoms with E-state index in [1.807, 2.05) is 0 Å². The van der Waals surface area contributed by atoms with Gasteiger partial charge in [-0.25, -0.2) is 0 Å². The van der Waals surface area contributed by atoms with Crippen LogP contribution in [0.15, 0.2) is 18.2 Å². The first-order valence-electron chi connectivity index (χ1n) is 3.84. The minimum atomic E-state index is -0.474. The average Bonchev–Trinajstić information content (AvgIpc) is 2.15. The van der Waals surface area contributed by atoms with E-state index < -0.39 is 4.92 Å². The molecule has 0 aromatic heterocycles. The molecule has 76 valence electrons. The molecule has 6 heteroatoms. The summed E-state index contributed by atoms with van der Waals surface area (Å²) in [6.45, 7) is 0.268. The molecule has 1 rings (SSSR count). The Morgan fingerprint density at radius 2 is 2.36 bits per heavy atom. The normalized spacial score (nSPS) is 10.1. The standard InChI is InChI=1S/C8H9ClN2O3/c1-14-10-5-6-2-3-7(9)4-8(6)11(12)13/h2-4,10H,5H2,1H3. The molecule has 1 aromatic carbocycles. The van der Waals surface area contributed by atoms with E-state index in [2.05, 4.69) is 10.3 Å². The van der Waals surface area contributed by atoms with Crippen molar-refractivity contribution in [3.8, 4) is 0 Å². The number of nitro groups is 1. The lowest BCUT2D eigenvalue weighted by Crippen LogP contribution is -2.12. The lowest BCUT2D eigenvalue weighted by atomic mass is 10.2. The fraction of sp³-hybridized carbons (Fsp3) is 0.250. The lowest BCUT2D eigenvalue weighted by Gasteiger charge is -2.03. The molecule has 5 nitrogen and oxygen atoms in total. The molecular weight excluding hydrogens is 208 g/mol. The van der Waals surface area contributed by atoms with Gasteiger partial charge in [0.25, 0.3) is 5.69 Å². The maximum absolute atomic E-state index is 10.6. The smallest absolute Gasteiger partial charge is 0.275 e. The summed E-state index contributed by atoms with van der Waals surface area (Å²) in [5.74, 6) is 0. The number of halogens is 1. The number of hydrogen-bond acceptors (Lipinski definition) is 4. The first-order valence-corrected chi connectivity index (χ1v) is 4.21. The Morgan fingerprint density at radius 3 is 2.93 bits per heavy atom. The van der Waals surface area contributed by atoms with E-state index >= 15 is 0 Å². The maximum atomic E-state index is 10.6. The molecule has 0 atom stereocenters. The summed E-state index contributed by atoms with van der Waals surface area (Å²) in [6.07, 6.45) is 0. The van der Waals surface area contributed by atoms with Gasteiger partial charge in [-0.05, 0) is 12.1 Å². The molecule has 0 saturated carbocycles. The second-order valence-electron chi connectivity index (χ2n) is 2.56. The number of rotatable bonds is 4. The monoisotopic (exact) mass is 216 g/mol. The van der Waals surface area contributed by atoms with Crippen molar-refractivity contribution in [2.45, 2.75) is 6.54 Å². The van der Waals surface area contributed by atoms with Crippen molar-refractivity contribution < 1.29 is 9.76 Å². The molecule has 0 saturated heterocycles. The minimum absolute atomic E-state index is 0.0120. The highest BCUT2D eigenvalue weighted by Gasteiger charge is 2.13. The van der Waals surface area contributed by atoms with Crippen LogP contribution < -0.4 is 5.48 Å². The van der Waals surface area contributed by atoms with Crippen LogP contribution in [0.5, 0.6) is 0 Å². The van der Waals surface area contributed by atoms with Gasteiger partial charge < -0.3 is 4.84 Å². The van der Waals surface area contributed by atoms with Crippen LogP contribution in [0.25, 0.3) is 0 Å². The third-order valence-corrected chi connectivity index (χ3v) is 1.89. The van der Waals surface area contributed by atoms with Gasteiger partial charge in [0.05, 0.1) is 18.6 Å². The molecule has 0 aliphatic heterocycles. The van der Waals surface area contributed by atoms with Crippen molar-refractivity contribution in [3.05, 3.63) is 38.9 Å². The van der Waals surface area contributed by atoms with Gasteiger partial charge in [-0.3, -0.25) is 10.1 Å². The van der Waals surface area contributed by atoms with E-state index in [9.17, 15) is 10.1 Å². The van der Waals surface area contributed by atoms with E-state index in [-0.39, 0.29) is 12.2 Å². The van der Waals surface area contributed by atoms with Gasteiger partial charge in [0.1, 0.15) is 0 Å². The van der Waals surface area contributed by atoms with Gasteiger partial charge >= 0.3 is 0 Å². The predicted octanol–water partition coefficient (Wildman–Crippen LogP) is 1.90. The third kappa shape index (κ3) is 2.66. The maximum Gasteiger partial charge on any atom is 0.275 e. The van der Waals surface area contributed by atoms with E-state index in [1.54, 1.807) is 12.1 Å². The summed E-state index contributed by atoms with van der Waals surface area (Å²) in [7, 11) is 1.45. The second kappa shape index (κ2) is 4.90. The molecule has 0 amide bonds. The van der Waals surface area contributed by atoms with Gasteiger partial charge in [0.2, 0.25) is 0 Å². The Morgan fingerprint density at radius 1 is 1.64 bits per heavy atom. The van der Waals surface area contributed by atoms with Crippen molar-refractivity contribution in [1.29, 1.82) is 0 Å². The van der Waals surface area contributed by atoms with Crippen LogP contribution in [0.1, 0.15) is 5.56 Å². The van der Waals surface area contributed by atoms with Crippen LogP contribution in [0, 0.1) is 10.1 Å². The van der Waals surface area contributed by atoms with E-state index in [0.717, 1.165) is 0 Å². The second-order valence-corrected chi connectivity index (χ2v) is 2.99. The molecule has 14 heavy (non-hydrogen) atoms. The molecule has 1 N–H and O–H groups in total. The number of nitrogens with zero attached hydrogens (tertiary/aromatic N) is 1. The highest BCUT2D eigenvalue weighted by atomic mass is 35.5. The summed E-state index contributed by atoms with van der Waals surface area (Å²) in [5, 5.41) is 11.0. The van der Waals surface area contributed by atoms with Crippen LogP contribution in [-0.2, 0) is 11.4 Å². The number of hydrogen-bond donors (Lipinski definition) is 1. The summed E-state index contributed by atoms with van der Waals surface area (Å²) in [5.41, 5.74) is 3.05. The zero-order valence-corrected chi connectivity index (χ0v) is 8.25. The van der Waals surface area contributed by atoms with E-state index in [0.29, 0.717) is 10.6 Å². The molecule has 0 radical (unpaired) electrons. The highest BCUT2D eigenvalue weighted by Crippen LogP contribution is 2.22. The van der Waals surface area contributed by atoms with E-state index in [1.165, 1.54) is 13.2 Å². The minimum Gasteiger partial charge on any atom is -0.305 e. The molecular formula is C8H9ClN2O3. The quantitative estimate of drug-likeness (QED) is 0.617. The molecule has 1 aromatic rings. The number of hydroxylamine groups is 1. The average molecular weight is 217 g/mol. The van der Waals surface area contributed by atoms with Gasteiger partial charge in [0, 0.05) is 16.7 Å². The molecule has 0 bridgehead atoms. The summed E-state index contributed by atoms with van der Waals surface area (Å²) in [4.78, 5) is 14.7. The Hall–Kier alpha value is -1.17. The Kier molecular flexibility index (Phi) is 3.82. The molecule has 0 spiro atoms. The fourth-order valence-corrected chi connectivity index (χ4v) is 1.17. The van der Waals surface area contributed by atoms with Crippen LogP contribution in [0.3, 0.4) is 0 Å². The van der Waals surface area contributed by atoms with Crippen molar-refractivity contribution in [3.63, 3.8) is 0 Å².